The number of aliphatic hydroxyl groups excluding tert-OH is 1. The Morgan fingerprint density at radius 3 is 2.84 bits per heavy atom. The molecule has 2 aliphatic heterocycles. The first-order chi connectivity index (χ1) is 8.97. The first-order valence-corrected chi connectivity index (χ1v) is 5.90. The van der Waals surface area contributed by atoms with Crippen LogP contribution in [0.5, 0.6) is 0 Å². The zero-order chi connectivity index (χ0) is 13.8. The minimum atomic E-state index is -1.29. The molecule has 0 spiro atoms. The number of aromatic amines is 1. The largest absolute Gasteiger partial charge is 0.394 e. The number of H-pyrrole nitrogens is 1. The van der Waals surface area contributed by atoms with Gasteiger partial charge in [0, 0.05) is 11.8 Å². The minimum absolute atomic E-state index is 0.0521. The van der Waals surface area contributed by atoms with Gasteiger partial charge in [0.15, 0.2) is 6.23 Å². The van der Waals surface area contributed by atoms with Crippen LogP contribution in [-0.4, -0.2) is 50.8 Å². The van der Waals surface area contributed by atoms with Crippen molar-refractivity contribution < 1.29 is 19.7 Å². The van der Waals surface area contributed by atoms with E-state index in [0.717, 1.165) is 0 Å². The molecular weight excluding hydrogens is 256 g/mol. The van der Waals surface area contributed by atoms with Gasteiger partial charge in [-0.1, -0.05) is 0 Å². The molecule has 0 aromatic carbocycles. The number of fused-ring (bicyclic) bond motifs is 1. The Bertz CT molecular complexity index is 622. The second-order valence-corrected chi connectivity index (χ2v) is 4.90. The molecule has 4 atom stereocenters. The standard InChI is InChI=1S/C11H14N2O6/c1-5-2-13(10(16)12-8(5)15)9-7-11(17,4-18-7)6(3-14)19-9/h2,6-7,9,14,17H,3-4H2,1H3,(H,12,15,16)/t6-,7-,9-,11-/m1/s1. The highest BCUT2D eigenvalue weighted by Crippen LogP contribution is 2.45. The molecule has 3 heterocycles. The monoisotopic (exact) mass is 270 g/mol. The Hall–Kier alpha value is -1.48. The fourth-order valence-electron chi connectivity index (χ4n) is 2.50. The van der Waals surface area contributed by atoms with E-state index in [0.29, 0.717) is 5.56 Å². The van der Waals surface area contributed by atoms with Crippen molar-refractivity contribution >= 4 is 0 Å². The average molecular weight is 270 g/mol. The number of aromatic nitrogens is 2. The third kappa shape index (κ3) is 1.61. The maximum atomic E-state index is 11.8. The van der Waals surface area contributed by atoms with Crippen LogP contribution in [0.3, 0.4) is 0 Å². The predicted octanol–water partition coefficient (Wildman–Crippen LogP) is -2.14. The van der Waals surface area contributed by atoms with Gasteiger partial charge in [0.25, 0.3) is 5.56 Å². The van der Waals surface area contributed by atoms with Crippen LogP contribution in [0, 0.1) is 6.92 Å². The normalized spacial score (nSPS) is 36.9. The second-order valence-electron chi connectivity index (χ2n) is 4.90. The van der Waals surface area contributed by atoms with Gasteiger partial charge in [0.2, 0.25) is 0 Å². The van der Waals surface area contributed by atoms with Gasteiger partial charge in [0.05, 0.1) is 13.2 Å². The summed E-state index contributed by atoms with van der Waals surface area (Å²) in [4.78, 5) is 25.3. The molecule has 2 fully saturated rings. The Morgan fingerprint density at radius 2 is 2.32 bits per heavy atom. The molecule has 0 saturated carbocycles. The summed E-state index contributed by atoms with van der Waals surface area (Å²) in [5.74, 6) is 0. The number of nitrogens with one attached hydrogen (secondary N) is 1. The number of ether oxygens (including phenoxy) is 2. The van der Waals surface area contributed by atoms with E-state index in [1.54, 1.807) is 6.92 Å². The van der Waals surface area contributed by atoms with Crippen molar-refractivity contribution in [3.8, 4) is 0 Å². The first kappa shape index (κ1) is 12.5. The van der Waals surface area contributed by atoms with E-state index in [2.05, 4.69) is 4.98 Å². The molecule has 2 saturated heterocycles. The topological polar surface area (TPSA) is 114 Å². The molecule has 8 heteroatoms. The maximum Gasteiger partial charge on any atom is 0.330 e. The lowest BCUT2D eigenvalue weighted by atomic mass is 9.88. The Labute approximate surface area is 107 Å². The summed E-state index contributed by atoms with van der Waals surface area (Å²) in [7, 11) is 0. The van der Waals surface area contributed by atoms with E-state index in [-0.39, 0.29) is 13.2 Å². The Balaban J connectivity index is 2.03. The van der Waals surface area contributed by atoms with Crippen LogP contribution in [-0.2, 0) is 9.47 Å². The fraction of sp³-hybridized carbons (Fsp3) is 0.636. The molecule has 1 aromatic heterocycles. The van der Waals surface area contributed by atoms with Gasteiger partial charge in [-0.15, -0.1) is 0 Å². The highest BCUT2D eigenvalue weighted by Gasteiger charge is 2.63. The van der Waals surface area contributed by atoms with Gasteiger partial charge in [-0.25, -0.2) is 4.79 Å². The number of rotatable bonds is 2. The predicted molar refractivity (Wildman–Crippen MR) is 61.7 cm³/mol. The SMILES string of the molecule is Cc1cn([C@@H]2O[C@H](CO)[C@]3(O)CO[C@H]23)c(=O)[nH]c1=O. The van der Waals surface area contributed by atoms with Crippen LogP contribution in [0.25, 0.3) is 0 Å². The third-order valence-corrected chi connectivity index (χ3v) is 3.69. The molecule has 0 radical (unpaired) electrons. The minimum Gasteiger partial charge on any atom is -0.394 e. The number of hydrogen-bond acceptors (Lipinski definition) is 6. The lowest BCUT2D eigenvalue weighted by molar-refractivity contribution is -0.236. The summed E-state index contributed by atoms with van der Waals surface area (Å²) in [6, 6.07) is 0. The molecule has 104 valence electrons. The van der Waals surface area contributed by atoms with E-state index in [1.807, 2.05) is 0 Å². The summed E-state index contributed by atoms with van der Waals surface area (Å²) < 4.78 is 11.9. The van der Waals surface area contributed by atoms with E-state index < -0.39 is 35.3 Å². The number of aliphatic hydroxyl groups is 2. The van der Waals surface area contributed by atoms with E-state index in [4.69, 9.17) is 9.47 Å². The number of nitrogens with zero attached hydrogens (tertiary/aromatic N) is 1. The van der Waals surface area contributed by atoms with Crippen LogP contribution in [0.2, 0.25) is 0 Å². The van der Waals surface area contributed by atoms with Crippen molar-refractivity contribution in [3.05, 3.63) is 32.6 Å². The van der Waals surface area contributed by atoms with Crippen molar-refractivity contribution in [3.63, 3.8) is 0 Å². The van der Waals surface area contributed by atoms with Crippen LogP contribution >= 0.6 is 0 Å². The smallest absolute Gasteiger partial charge is 0.330 e. The zero-order valence-corrected chi connectivity index (χ0v) is 10.2. The summed E-state index contributed by atoms with van der Waals surface area (Å²) in [6.45, 7) is 1.24. The van der Waals surface area contributed by atoms with Crippen LogP contribution < -0.4 is 11.2 Å². The quantitative estimate of drug-likeness (QED) is 0.565. The third-order valence-electron chi connectivity index (χ3n) is 3.69. The maximum absolute atomic E-state index is 11.8. The lowest BCUT2D eigenvalue weighted by Gasteiger charge is -2.42. The average Bonchev–Trinajstić information content (AvgIpc) is 2.54. The Morgan fingerprint density at radius 1 is 1.58 bits per heavy atom. The van der Waals surface area contributed by atoms with Crippen molar-refractivity contribution in [2.45, 2.75) is 31.0 Å². The van der Waals surface area contributed by atoms with Gasteiger partial charge < -0.3 is 19.7 Å². The summed E-state index contributed by atoms with van der Waals surface area (Å²) in [5, 5.41) is 19.5. The van der Waals surface area contributed by atoms with Gasteiger partial charge in [-0.2, -0.15) is 0 Å². The highest BCUT2D eigenvalue weighted by atomic mass is 16.6. The second kappa shape index (κ2) is 4.01. The van der Waals surface area contributed by atoms with Gasteiger partial charge in [-0.3, -0.25) is 14.3 Å². The molecule has 3 rings (SSSR count). The molecule has 0 bridgehead atoms. The number of hydrogen-bond donors (Lipinski definition) is 3. The van der Waals surface area contributed by atoms with E-state index >= 15 is 0 Å². The van der Waals surface area contributed by atoms with Gasteiger partial charge in [-0.05, 0) is 6.92 Å². The summed E-state index contributed by atoms with van der Waals surface area (Å²) >= 11 is 0. The molecular formula is C11H14N2O6. The molecule has 19 heavy (non-hydrogen) atoms. The molecule has 0 unspecified atom stereocenters. The van der Waals surface area contributed by atoms with Crippen molar-refractivity contribution in [2.24, 2.45) is 0 Å². The van der Waals surface area contributed by atoms with Gasteiger partial charge in [0.1, 0.15) is 17.8 Å². The van der Waals surface area contributed by atoms with E-state index in [1.165, 1.54) is 10.8 Å². The van der Waals surface area contributed by atoms with Crippen LogP contribution in [0.4, 0.5) is 0 Å². The van der Waals surface area contributed by atoms with Crippen molar-refractivity contribution in [2.75, 3.05) is 13.2 Å². The summed E-state index contributed by atoms with van der Waals surface area (Å²) in [6.07, 6.45) is -1.05. The molecule has 0 aliphatic carbocycles. The zero-order valence-electron chi connectivity index (χ0n) is 10.2. The Kier molecular flexibility index (Phi) is 2.65. The molecule has 3 N–H and O–H groups in total. The molecule has 8 nitrogen and oxygen atoms in total. The highest BCUT2D eigenvalue weighted by molar-refractivity contribution is 5.11. The summed E-state index contributed by atoms with van der Waals surface area (Å²) in [5.41, 5.74) is -2.05. The van der Waals surface area contributed by atoms with Crippen molar-refractivity contribution in [1.29, 1.82) is 0 Å². The van der Waals surface area contributed by atoms with E-state index in [9.17, 15) is 19.8 Å². The van der Waals surface area contributed by atoms with Gasteiger partial charge >= 0.3 is 5.69 Å². The van der Waals surface area contributed by atoms with Crippen LogP contribution in [0.1, 0.15) is 11.8 Å². The first-order valence-electron chi connectivity index (χ1n) is 5.90. The lowest BCUT2D eigenvalue weighted by Crippen LogP contribution is -2.62. The number of aryl methyl sites for hydroxylation is 1. The molecule has 1 aromatic rings. The fourth-order valence-corrected chi connectivity index (χ4v) is 2.50. The van der Waals surface area contributed by atoms with Crippen LogP contribution in [0.15, 0.2) is 15.8 Å². The molecule has 0 amide bonds. The molecule has 2 aliphatic rings. The van der Waals surface area contributed by atoms with Crippen molar-refractivity contribution in [1.82, 2.24) is 9.55 Å².